The Balaban J connectivity index is 1.72. The highest BCUT2D eigenvalue weighted by atomic mass is 32.1. The highest BCUT2D eigenvalue weighted by Crippen LogP contribution is 2.28. The summed E-state index contributed by atoms with van der Waals surface area (Å²) in [7, 11) is 0. The zero-order valence-electron chi connectivity index (χ0n) is 13.2. The van der Waals surface area contributed by atoms with Gasteiger partial charge in [-0.25, -0.2) is 4.39 Å². The fourth-order valence-corrected chi connectivity index (χ4v) is 3.93. The number of nitrogens with zero attached hydrogens (tertiary/aromatic N) is 1. The van der Waals surface area contributed by atoms with E-state index in [1.54, 1.807) is 29.5 Å². The normalized spacial score (nSPS) is 17.6. The number of piperazine rings is 1. The van der Waals surface area contributed by atoms with E-state index in [4.69, 9.17) is 0 Å². The minimum atomic E-state index is -0.824. The average molecular weight is 354 g/mol. The molecule has 0 saturated carbocycles. The number of nitrogens with one attached hydrogen (secondary N) is 1. The summed E-state index contributed by atoms with van der Waals surface area (Å²) in [6, 6.07) is 12.5. The fourth-order valence-electron chi connectivity index (χ4n) is 3.16. The molecule has 1 saturated heterocycles. The predicted octanol–water partition coefficient (Wildman–Crippen LogP) is 3.35. The summed E-state index contributed by atoms with van der Waals surface area (Å²) in [5.41, 5.74) is 1.00. The predicted molar refractivity (Wildman–Crippen MR) is 95.0 cm³/mol. The molecular formula is C19H15FN2O2S. The summed E-state index contributed by atoms with van der Waals surface area (Å²) in [5.74, 6) is -0.943. The molecular weight excluding hydrogens is 339 g/mol. The van der Waals surface area contributed by atoms with Crippen LogP contribution in [-0.4, -0.2) is 29.8 Å². The van der Waals surface area contributed by atoms with E-state index in [2.05, 4.69) is 5.32 Å². The van der Waals surface area contributed by atoms with Crippen molar-refractivity contribution in [1.82, 2.24) is 10.2 Å². The van der Waals surface area contributed by atoms with Gasteiger partial charge in [0, 0.05) is 23.4 Å². The highest BCUT2D eigenvalue weighted by molar-refractivity contribution is 7.17. The monoisotopic (exact) mass is 354 g/mol. The number of fused-ring (bicyclic) bond motifs is 1. The smallest absolute Gasteiger partial charge is 0.254 e. The highest BCUT2D eigenvalue weighted by Gasteiger charge is 2.35. The molecule has 1 atom stereocenters. The molecule has 4 rings (SSSR count). The lowest BCUT2D eigenvalue weighted by molar-refractivity contribution is -0.128. The van der Waals surface area contributed by atoms with Gasteiger partial charge in [0.1, 0.15) is 11.9 Å². The summed E-state index contributed by atoms with van der Waals surface area (Å²) in [6.45, 7) is 0.768. The number of carbonyl (C=O) groups excluding carboxylic acids is 2. The first-order valence-electron chi connectivity index (χ1n) is 7.95. The van der Waals surface area contributed by atoms with Gasteiger partial charge >= 0.3 is 0 Å². The number of benzene rings is 2. The molecule has 0 radical (unpaired) electrons. The number of hydrogen-bond acceptors (Lipinski definition) is 3. The molecule has 126 valence electrons. The molecule has 2 heterocycles. The minimum Gasteiger partial charge on any atom is -0.352 e. The van der Waals surface area contributed by atoms with Crippen LogP contribution >= 0.6 is 11.3 Å². The van der Waals surface area contributed by atoms with Crippen molar-refractivity contribution in [3.8, 4) is 0 Å². The Labute approximate surface area is 147 Å². The first-order valence-corrected chi connectivity index (χ1v) is 8.83. The first-order chi connectivity index (χ1) is 12.1. The van der Waals surface area contributed by atoms with Crippen LogP contribution in [0.3, 0.4) is 0 Å². The molecule has 1 N–H and O–H groups in total. The van der Waals surface area contributed by atoms with Crippen LogP contribution in [0.2, 0.25) is 0 Å². The van der Waals surface area contributed by atoms with Crippen LogP contribution in [0.4, 0.5) is 4.39 Å². The van der Waals surface area contributed by atoms with Crippen molar-refractivity contribution in [3.05, 3.63) is 70.9 Å². The third-order valence-corrected chi connectivity index (χ3v) is 5.23. The molecule has 2 amide bonds. The van der Waals surface area contributed by atoms with Crippen molar-refractivity contribution in [2.45, 2.75) is 6.04 Å². The average Bonchev–Trinajstić information content (AvgIpc) is 3.08. The van der Waals surface area contributed by atoms with Crippen molar-refractivity contribution in [2.24, 2.45) is 0 Å². The van der Waals surface area contributed by atoms with Crippen LogP contribution in [0.5, 0.6) is 0 Å². The van der Waals surface area contributed by atoms with Gasteiger partial charge in [0.15, 0.2) is 0 Å². The van der Waals surface area contributed by atoms with Crippen molar-refractivity contribution < 1.29 is 14.0 Å². The van der Waals surface area contributed by atoms with Gasteiger partial charge in [-0.15, -0.1) is 11.3 Å². The lowest BCUT2D eigenvalue weighted by Crippen LogP contribution is -2.52. The van der Waals surface area contributed by atoms with Crippen LogP contribution in [0.25, 0.3) is 10.1 Å². The molecule has 0 unspecified atom stereocenters. The molecule has 3 aromatic rings. The quantitative estimate of drug-likeness (QED) is 0.767. The third kappa shape index (κ3) is 2.89. The van der Waals surface area contributed by atoms with Gasteiger partial charge in [-0.2, -0.15) is 0 Å². The third-order valence-electron chi connectivity index (χ3n) is 4.34. The molecule has 0 spiro atoms. The maximum atomic E-state index is 13.6. The number of halogens is 1. The second-order valence-electron chi connectivity index (χ2n) is 5.92. The van der Waals surface area contributed by atoms with Crippen molar-refractivity contribution in [3.63, 3.8) is 0 Å². The largest absolute Gasteiger partial charge is 0.352 e. The number of thiophene rings is 1. The van der Waals surface area contributed by atoms with E-state index in [0.29, 0.717) is 24.2 Å². The van der Waals surface area contributed by atoms with Crippen molar-refractivity contribution >= 4 is 33.2 Å². The standard InChI is InChI=1S/C19H15FN2O2S/c20-15-3-1-2-13(11-15)17-18(23)21-7-8-22(17)19(24)14-4-5-16-12(10-14)6-9-25-16/h1-6,9-11,17H,7-8H2,(H,21,23)/t17-/m1/s1. The second kappa shape index (κ2) is 6.29. The Kier molecular flexibility index (Phi) is 3.97. The van der Waals surface area contributed by atoms with Crippen LogP contribution in [-0.2, 0) is 4.79 Å². The van der Waals surface area contributed by atoms with Gasteiger partial charge in [0.05, 0.1) is 0 Å². The van der Waals surface area contributed by atoms with Gasteiger partial charge in [-0.05, 0) is 52.7 Å². The second-order valence-corrected chi connectivity index (χ2v) is 6.87. The van der Waals surface area contributed by atoms with Crippen LogP contribution in [0.15, 0.2) is 53.9 Å². The van der Waals surface area contributed by atoms with Gasteiger partial charge < -0.3 is 10.2 Å². The van der Waals surface area contributed by atoms with E-state index >= 15 is 0 Å². The topological polar surface area (TPSA) is 49.4 Å². The van der Waals surface area contributed by atoms with Crippen LogP contribution < -0.4 is 5.32 Å². The Bertz CT molecular complexity index is 969. The van der Waals surface area contributed by atoms with E-state index in [9.17, 15) is 14.0 Å². The first kappa shape index (κ1) is 15.8. The number of carbonyl (C=O) groups is 2. The maximum absolute atomic E-state index is 13.6. The lowest BCUT2D eigenvalue weighted by Gasteiger charge is -2.35. The fraction of sp³-hybridized carbons (Fsp3) is 0.158. The summed E-state index contributed by atoms with van der Waals surface area (Å²) in [5, 5.41) is 5.73. The molecule has 25 heavy (non-hydrogen) atoms. The Morgan fingerprint density at radius 1 is 1.20 bits per heavy atom. The van der Waals surface area contributed by atoms with Gasteiger partial charge in [0.25, 0.3) is 5.91 Å². The number of rotatable bonds is 2. The van der Waals surface area contributed by atoms with E-state index in [-0.39, 0.29) is 11.8 Å². The Morgan fingerprint density at radius 2 is 2.08 bits per heavy atom. The summed E-state index contributed by atoms with van der Waals surface area (Å²) >= 11 is 1.61. The zero-order valence-corrected chi connectivity index (χ0v) is 14.1. The SMILES string of the molecule is O=C1NCCN(C(=O)c2ccc3sccc3c2)[C@@H]1c1cccc(F)c1. The Morgan fingerprint density at radius 3 is 2.92 bits per heavy atom. The van der Waals surface area contributed by atoms with Crippen LogP contribution in [0.1, 0.15) is 22.0 Å². The van der Waals surface area contributed by atoms with Crippen LogP contribution in [0, 0.1) is 5.82 Å². The molecule has 0 aliphatic carbocycles. The minimum absolute atomic E-state index is 0.225. The Hall–Kier alpha value is -2.73. The molecule has 6 heteroatoms. The van der Waals surface area contributed by atoms with Gasteiger partial charge in [-0.1, -0.05) is 12.1 Å². The zero-order chi connectivity index (χ0) is 17.4. The molecule has 2 aromatic carbocycles. The maximum Gasteiger partial charge on any atom is 0.254 e. The van der Waals surface area contributed by atoms with Gasteiger partial charge in [-0.3, -0.25) is 9.59 Å². The lowest BCUT2D eigenvalue weighted by atomic mass is 10.0. The molecule has 0 bridgehead atoms. The van der Waals surface area contributed by atoms with E-state index in [1.165, 1.54) is 17.0 Å². The molecule has 1 aliphatic heterocycles. The van der Waals surface area contributed by atoms with Gasteiger partial charge in [0.2, 0.25) is 5.91 Å². The number of amides is 2. The molecule has 4 nitrogen and oxygen atoms in total. The summed E-state index contributed by atoms with van der Waals surface area (Å²) < 4.78 is 14.7. The van der Waals surface area contributed by atoms with E-state index in [0.717, 1.165) is 10.1 Å². The molecule has 1 aromatic heterocycles. The van der Waals surface area contributed by atoms with Crippen molar-refractivity contribution in [2.75, 3.05) is 13.1 Å². The molecule has 1 aliphatic rings. The molecule has 1 fully saturated rings. The summed E-state index contributed by atoms with van der Waals surface area (Å²) in [4.78, 5) is 26.9. The van der Waals surface area contributed by atoms with Crippen molar-refractivity contribution in [1.29, 1.82) is 0 Å². The number of hydrogen-bond donors (Lipinski definition) is 1. The van der Waals surface area contributed by atoms with E-state index < -0.39 is 11.9 Å². The summed E-state index contributed by atoms with van der Waals surface area (Å²) in [6.07, 6.45) is 0. The van der Waals surface area contributed by atoms with E-state index in [1.807, 2.05) is 23.6 Å².